The van der Waals surface area contributed by atoms with E-state index in [1.165, 1.54) is 0 Å². The van der Waals surface area contributed by atoms with E-state index in [1.54, 1.807) is 6.07 Å². The number of carbonyl (C=O) groups is 1. The molecule has 0 saturated heterocycles. The van der Waals surface area contributed by atoms with Crippen LogP contribution in [0.2, 0.25) is 0 Å². The molecule has 0 aliphatic carbocycles. The molecule has 2 heteroatoms. The van der Waals surface area contributed by atoms with Crippen LogP contribution in [0.3, 0.4) is 0 Å². The van der Waals surface area contributed by atoms with Crippen molar-refractivity contribution in [3.05, 3.63) is 65.0 Å². The van der Waals surface area contributed by atoms with Crippen molar-refractivity contribution in [2.75, 3.05) is 0 Å². The van der Waals surface area contributed by atoms with E-state index >= 15 is 0 Å². The summed E-state index contributed by atoms with van der Waals surface area (Å²) < 4.78 is 0. The molecule has 0 bridgehead atoms. The molecule has 0 radical (unpaired) electrons. The van der Waals surface area contributed by atoms with Gasteiger partial charge in [-0.25, -0.2) is 4.98 Å². The van der Waals surface area contributed by atoms with Crippen molar-refractivity contribution in [3.8, 4) is 0 Å². The molecule has 16 heavy (non-hydrogen) atoms. The summed E-state index contributed by atoms with van der Waals surface area (Å²) in [5.74, 6) is -0.0122. The van der Waals surface area contributed by atoms with Crippen molar-refractivity contribution in [2.24, 2.45) is 0 Å². The summed E-state index contributed by atoms with van der Waals surface area (Å²) in [4.78, 5) is 16.4. The van der Waals surface area contributed by atoms with Crippen LogP contribution in [0, 0.1) is 13.8 Å². The fourth-order valence-corrected chi connectivity index (χ4v) is 1.64. The number of pyridine rings is 1. The average molecular weight is 211 g/mol. The maximum atomic E-state index is 12.2. The molecule has 0 saturated carbocycles. The van der Waals surface area contributed by atoms with Crippen molar-refractivity contribution < 1.29 is 4.79 Å². The summed E-state index contributed by atoms with van der Waals surface area (Å²) in [6.07, 6.45) is 0. The highest BCUT2D eigenvalue weighted by Crippen LogP contribution is 2.12. The third-order valence-electron chi connectivity index (χ3n) is 2.51. The van der Waals surface area contributed by atoms with Crippen molar-refractivity contribution in [1.82, 2.24) is 4.98 Å². The Morgan fingerprint density at radius 1 is 1.00 bits per heavy atom. The van der Waals surface area contributed by atoms with Gasteiger partial charge >= 0.3 is 0 Å². The number of hydrogen-bond donors (Lipinski definition) is 0. The van der Waals surface area contributed by atoms with Crippen molar-refractivity contribution >= 4 is 5.78 Å². The standard InChI is InChI=1S/C14H13NO/c1-10-6-3-4-8-12(10)14(16)13-9-5-7-11(2)15-13/h3-9H,1-2H3. The number of hydrogen-bond acceptors (Lipinski definition) is 2. The van der Waals surface area contributed by atoms with Crippen LogP contribution in [0.5, 0.6) is 0 Å². The Hall–Kier alpha value is -1.96. The Morgan fingerprint density at radius 3 is 2.44 bits per heavy atom. The Bertz CT molecular complexity index is 532. The summed E-state index contributed by atoms with van der Waals surface area (Å²) in [5, 5.41) is 0. The summed E-state index contributed by atoms with van der Waals surface area (Å²) in [7, 11) is 0. The minimum Gasteiger partial charge on any atom is -0.287 e. The quantitative estimate of drug-likeness (QED) is 0.715. The molecule has 0 atom stereocenters. The van der Waals surface area contributed by atoms with Crippen LogP contribution in [-0.2, 0) is 0 Å². The zero-order valence-electron chi connectivity index (χ0n) is 9.40. The lowest BCUT2D eigenvalue weighted by molar-refractivity contribution is 0.103. The number of aryl methyl sites for hydroxylation is 2. The van der Waals surface area contributed by atoms with Gasteiger partial charge in [-0.2, -0.15) is 0 Å². The molecule has 1 heterocycles. The second kappa shape index (κ2) is 4.27. The van der Waals surface area contributed by atoms with Gasteiger partial charge in [0.25, 0.3) is 0 Å². The van der Waals surface area contributed by atoms with Gasteiger partial charge < -0.3 is 0 Å². The van der Waals surface area contributed by atoms with Crippen molar-refractivity contribution in [3.63, 3.8) is 0 Å². The molecule has 1 aromatic carbocycles. The van der Waals surface area contributed by atoms with Crippen LogP contribution >= 0.6 is 0 Å². The van der Waals surface area contributed by atoms with E-state index in [0.717, 1.165) is 16.8 Å². The lowest BCUT2D eigenvalue weighted by atomic mass is 10.0. The lowest BCUT2D eigenvalue weighted by Gasteiger charge is -2.04. The number of rotatable bonds is 2. The topological polar surface area (TPSA) is 30.0 Å². The predicted octanol–water partition coefficient (Wildman–Crippen LogP) is 2.93. The summed E-state index contributed by atoms with van der Waals surface area (Å²) in [6, 6.07) is 13.1. The molecule has 0 fully saturated rings. The van der Waals surface area contributed by atoms with Crippen LogP contribution in [0.25, 0.3) is 0 Å². The summed E-state index contributed by atoms with van der Waals surface area (Å²) in [5.41, 5.74) is 3.07. The molecule has 0 N–H and O–H groups in total. The van der Waals surface area contributed by atoms with Gasteiger partial charge in [0.15, 0.2) is 0 Å². The minimum absolute atomic E-state index is 0.0122. The molecule has 2 aromatic rings. The van der Waals surface area contributed by atoms with Crippen molar-refractivity contribution in [1.29, 1.82) is 0 Å². The zero-order valence-corrected chi connectivity index (χ0v) is 9.40. The van der Waals surface area contributed by atoms with E-state index in [9.17, 15) is 4.79 Å². The highest BCUT2D eigenvalue weighted by atomic mass is 16.1. The Labute approximate surface area is 95.0 Å². The molecule has 0 aliphatic heterocycles. The van der Waals surface area contributed by atoms with E-state index in [-0.39, 0.29) is 5.78 Å². The van der Waals surface area contributed by atoms with Gasteiger partial charge in [-0.3, -0.25) is 4.79 Å². The second-order valence-electron chi connectivity index (χ2n) is 3.81. The third kappa shape index (κ3) is 2.01. The first-order chi connectivity index (χ1) is 7.68. The van der Waals surface area contributed by atoms with E-state index < -0.39 is 0 Å². The Kier molecular flexibility index (Phi) is 2.82. The number of carbonyl (C=O) groups excluding carboxylic acids is 1. The van der Waals surface area contributed by atoms with Crippen LogP contribution in [-0.4, -0.2) is 10.8 Å². The number of ketones is 1. The molecule has 0 spiro atoms. The molecule has 0 amide bonds. The van der Waals surface area contributed by atoms with Gasteiger partial charge in [-0.05, 0) is 31.5 Å². The molecule has 0 aliphatic rings. The molecule has 1 aromatic heterocycles. The van der Waals surface area contributed by atoms with Gasteiger partial charge in [0.1, 0.15) is 5.69 Å². The first kappa shape index (κ1) is 10.6. The fraction of sp³-hybridized carbons (Fsp3) is 0.143. The van der Waals surface area contributed by atoms with Gasteiger partial charge in [0, 0.05) is 11.3 Å². The Balaban J connectivity index is 2.44. The van der Waals surface area contributed by atoms with Crippen LogP contribution < -0.4 is 0 Å². The molecule has 0 unspecified atom stereocenters. The molecule has 2 nitrogen and oxygen atoms in total. The maximum absolute atomic E-state index is 12.2. The Morgan fingerprint density at radius 2 is 1.75 bits per heavy atom. The SMILES string of the molecule is Cc1cccc(C(=O)c2ccccc2C)n1. The summed E-state index contributed by atoms with van der Waals surface area (Å²) >= 11 is 0. The van der Waals surface area contributed by atoms with Crippen LogP contribution in [0.4, 0.5) is 0 Å². The highest BCUT2D eigenvalue weighted by molar-refractivity contribution is 6.08. The average Bonchev–Trinajstić information content (AvgIpc) is 2.29. The molecule has 2 rings (SSSR count). The fourth-order valence-electron chi connectivity index (χ4n) is 1.64. The number of nitrogens with zero attached hydrogens (tertiary/aromatic N) is 1. The van der Waals surface area contributed by atoms with Gasteiger partial charge in [-0.1, -0.05) is 30.3 Å². The van der Waals surface area contributed by atoms with E-state index in [4.69, 9.17) is 0 Å². The van der Waals surface area contributed by atoms with Crippen LogP contribution in [0.15, 0.2) is 42.5 Å². The van der Waals surface area contributed by atoms with Gasteiger partial charge in [-0.15, -0.1) is 0 Å². The predicted molar refractivity (Wildman–Crippen MR) is 63.6 cm³/mol. The largest absolute Gasteiger partial charge is 0.287 e. The lowest BCUT2D eigenvalue weighted by Crippen LogP contribution is -2.06. The van der Waals surface area contributed by atoms with E-state index in [1.807, 2.05) is 50.2 Å². The van der Waals surface area contributed by atoms with E-state index in [2.05, 4.69) is 4.98 Å². The minimum atomic E-state index is -0.0122. The maximum Gasteiger partial charge on any atom is 0.211 e. The molecular weight excluding hydrogens is 198 g/mol. The zero-order chi connectivity index (χ0) is 11.5. The smallest absolute Gasteiger partial charge is 0.211 e. The normalized spacial score (nSPS) is 10.1. The highest BCUT2D eigenvalue weighted by Gasteiger charge is 2.11. The molecule has 80 valence electrons. The number of aromatic nitrogens is 1. The van der Waals surface area contributed by atoms with Crippen LogP contribution in [0.1, 0.15) is 27.3 Å². The second-order valence-corrected chi connectivity index (χ2v) is 3.81. The van der Waals surface area contributed by atoms with E-state index in [0.29, 0.717) is 5.69 Å². The number of benzene rings is 1. The first-order valence-electron chi connectivity index (χ1n) is 5.22. The van der Waals surface area contributed by atoms with Gasteiger partial charge in [0.2, 0.25) is 5.78 Å². The van der Waals surface area contributed by atoms with Crippen molar-refractivity contribution in [2.45, 2.75) is 13.8 Å². The summed E-state index contributed by atoms with van der Waals surface area (Å²) in [6.45, 7) is 3.82. The monoisotopic (exact) mass is 211 g/mol. The van der Waals surface area contributed by atoms with Gasteiger partial charge in [0.05, 0.1) is 0 Å². The molecular formula is C14H13NO. The first-order valence-corrected chi connectivity index (χ1v) is 5.22. The third-order valence-corrected chi connectivity index (χ3v) is 2.51.